The summed E-state index contributed by atoms with van der Waals surface area (Å²) in [6.45, 7) is 3.89. The molecule has 0 bridgehead atoms. The van der Waals surface area contributed by atoms with E-state index in [0.29, 0.717) is 19.6 Å². The molecule has 0 spiro atoms. The Kier molecular flexibility index (Phi) is 9.67. The van der Waals surface area contributed by atoms with Gasteiger partial charge in [0.2, 0.25) is 5.91 Å². The number of hydrogen-bond donors (Lipinski definition) is 2. The molecule has 1 atom stereocenters. The van der Waals surface area contributed by atoms with E-state index in [1.54, 1.807) is 0 Å². The average Bonchev–Trinajstić information content (AvgIpc) is 2.73. The number of carbonyl (C=O) groups excluding carboxylic acids is 2. The van der Waals surface area contributed by atoms with Crippen LogP contribution in [0.1, 0.15) is 18.1 Å². The van der Waals surface area contributed by atoms with Crippen LogP contribution in [0.15, 0.2) is 54.6 Å². The Morgan fingerprint density at radius 2 is 1.70 bits per heavy atom. The van der Waals surface area contributed by atoms with Gasteiger partial charge in [-0.15, -0.1) is 0 Å². The summed E-state index contributed by atoms with van der Waals surface area (Å²) >= 11 is 0. The van der Waals surface area contributed by atoms with Crippen LogP contribution < -0.4 is 15.4 Å². The Morgan fingerprint density at radius 3 is 2.33 bits per heavy atom. The maximum Gasteiger partial charge on any atom is 0.408 e. The normalized spacial score (nSPS) is 11.6. The molecule has 7 heteroatoms. The van der Waals surface area contributed by atoms with Crippen molar-refractivity contribution in [3.05, 3.63) is 65.7 Å². The van der Waals surface area contributed by atoms with Crippen LogP contribution in [-0.4, -0.2) is 56.7 Å². The Balaban J connectivity index is 1.92. The van der Waals surface area contributed by atoms with Gasteiger partial charge in [0.15, 0.2) is 0 Å². The lowest BCUT2D eigenvalue weighted by atomic mass is 10.1. The van der Waals surface area contributed by atoms with E-state index in [1.165, 1.54) is 0 Å². The molecule has 0 saturated carbocycles. The summed E-state index contributed by atoms with van der Waals surface area (Å²) in [6, 6.07) is 16.2. The van der Waals surface area contributed by atoms with Crippen LogP contribution in [0, 0.1) is 0 Å². The van der Waals surface area contributed by atoms with E-state index in [4.69, 9.17) is 9.47 Å². The molecule has 2 aromatic rings. The Labute approximate surface area is 178 Å². The summed E-state index contributed by atoms with van der Waals surface area (Å²) in [6.07, 6.45) is -0.275. The molecule has 162 valence electrons. The molecule has 30 heavy (non-hydrogen) atoms. The highest BCUT2D eigenvalue weighted by atomic mass is 16.5. The van der Waals surface area contributed by atoms with E-state index >= 15 is 0 Å². The molecule has 0 heterocycles. The summed E-state index contributed by atoms with van der Waals surface area (Å²) < 4.78 is 10.9. The van der Waals surface area contributed by atoms with Gasteiger partial charge >= 0.3 is 6.09 Å². The zero-order chi connectivity index (χ0) is 21.8. The van der Waals surface area contributed by atoms with E-state index in [-0.39, 0.29) is 12.5 Å². The van der Waals surface area contributed by atoms with Crippen molar-refractivity contribution in [2.75, 3.05) is 33.8 Å². The first-order chi connectivity index (χ1) is 14.5. The summed E-state index contributed by atoms with van der Waals surface area (Å²) in [5.74, 6) is 0.519. The molecular weight excluding hydrogens is 382 g/mol. The van der Waals surface area contributed by atoms with Gasteiger partial charge in [-0.25, -0.2) is 4.79 Å². The van der Waals surface area contributed by atoms with Gasteiger partial charge in [0.25, 0.3) is 0 Å². The summed E-state index contributed by atoms with van der Waals surface area (Å²) in [5.41, 5.74) is 1.79. The van der Waals surface area contributed by atoms with Gasteiger partial charge in [0, 0.05) is 19.5 Å². The second kappa shape index (κ2) is 12.5. The molecule has 2 N–H and O–H groups in total. The molecule has 0 radical (unpaired) electrons. The fourth-order valence-corrected chi connectivity index (χ4v) is 2.72. The van der Waals surface area contributed by atoms with Gasteiger partial charge < -0.3 is 25.0 Å². The Hall–Kier alpha value is -3.06. The average molecular weight is 414 g/mol. The smallest absolute Gasteiger partial charge is 0.408 e. The minimum Gasteiger partial charge on any atom is -0.492 e. The molecule has 0 aliphatic heterocycles. The SMILES string of the molecule is CCNC(=O)C(Cc1ccc(OCCN(C)C)cc1)NC(=O)OCc1ccccc1. The number of alkyl carbamates (subject to hydrolysis) is 1. The zero-order valence-electron chi connectivity index (χ0n) is 17.9. The molecule has 7 nitrogen and oxygen atoms in total. The van der Waals surface area contributed by atoms with Crippen molar-refractivity contribution in [1.29, 1.82) is 0 Å². The lowest BCUT2D eigenvalue weighted by molar-refractivity contribution is -0.122. The number of nitrogens with one attached hydrogen (secondary N) is 2. The number of nitrogens with zero attached hydrogens (tertiary/aromatic N) is 1. The third-order valence-corrected chi connectivity index (χ3v) is 4.34. The van der Waals surface area contributed by atoms with Crippen molar-refractivity contribution in [3.8, 4) is 5.75 Å². The molecule has 2 aromatic carbocycles. The van der Waals surface area contributed by atoms with Gasteiger partial charge in [0.05, 0.1) is 0 Å². The largest absolute Gasteiger partial charge is 0.492 e. The molecule has 1 unspecified atom stereocenters. The van der Waals surface area contributed by atoms with Crippen molar-refractivity contribution in [2.45, 2.75) is 26.0 Å². The lowest BCUT2D eigenvalue weighted by Gasteiger charge is -2.18. The quantitative estimate of drug-likeness (QED) is 0.592. The highest BCUT2D eigenvalue weighted by Crippen LogP contribution is 2.14. The molecule has 0 aliphatic carbocycles. The first-order valence-corrected chi connectivity index (χ1v) is 10.1. The first kappa shape index (κ1) is 23.2. The third kappa shape index (κ3) is 8.53. The highest BCUT2D eigenvalue weighted by Gasteiger charge is 2.21. The predicted octanol–water partition coefficient (Wildman–Crippen LogP) is 2.60. The lowest BCUT2D eigenvalue weighted by Crippen LogP contribution is -2.48. The van der Waals surface area contributed by atoms with Crippen LogP contribution in [0.5, 0.6) is 5.75 Å². The molecule has 0 aliphatic rings. The standard InChI is InChI=1S/C23H31N3O4/c1-4-24-22(27)21(25-23(28)30-17-19-8-6-5-7-9-19)16-18-10-12-20(13-11-18)29-15-14-26(2)3/h5-13,21H,4,14-17H2,1-3H3,(H,24,27)(H,25,28). The molecular formula is C23H31N3O4. The fraction of sp³-hybridized carbons (Fsp3) is 0.391. The van der Waals surface area contributed by atoms with Crippen LogP contribution in [0.2, 0.25) is 0 Å². The summed E-state index contributed by atoms with van der Waals surface area (Å²) in [4.78, 5) is 26.7. The first-order valence-electron chi connectivity index (χ1n) is 10.1. The Bertz CT molecular complexity index is 779. The Morgan fingerprint density at radius 1 is 1.00 bits per heavy atom. The van der Waals surface area contributed by atoms with E-state index in [1.807, 2.05) is 80.5 Å². The van der Waals surface area contributed by atoms with Gasteiger partial charge in [-0.1, -0.05) is 42.5 Å². The van der Waals surface area contributed by atoms with Crippen LogP contribution in [0.25, 0.3) is 0 Å². The van der Waals surface area contributed by atoms with Crippen molar-refractivity contribution in [3.63, 3.8) is 0 Å². The molecule has 2 amide bonds. The van der Waals surface area contributed by atoms with E-state index in [2.05, 4.69) is 10.6 Å². The van der Waals surface area contributed by atoms with Crippen LogP contribution in [-0.2, 0) is 22.6 Å². The zero-order valence-corrected chi connectivity index (χ0v) is 17.9. The van der Waals surface area contributed by atoms with Crippen molar-refractivity contribution in [1.82, 2.24) is 15.5 Å². The number of amides is 2. The number of benzene rings is 2. The number of hydrogen-bond acceptors (Lipinski definition) is 5. The number of rotatable bonds is 11. The minimum absolute atomic E-state index is 0.147. The second-order valence-corrected chi connectivity index (χ2v) is 7.15. The fourth-order valence-electron chi connectivity index (χ4n) is 2.72. The highest BCUT2D eigenvalue weighted by molar-refractivity contribution is 5.85. The maximum absolute atomic E-state index is 12.4. The van der Waals surface area contributed by atoms with Crippen molar-refractivity contribution < 1.29 is 19.1 Å². The predicted molar refractivity (Wildman–Crippen MR) is 116 cm³/mol. The number of likely N-dealkylation sites (N-methyl/N-ethyl adjacent to an activating group) is 2. The third-order valence-electron chi connectivity index (χ3n) is 4.34. The minimum atomic E-state index is -0.728. The van der Waals surface area contributed by atoms with Gasteiger partial charge in [-0.3, -0.25) is 4.79 Å². The topological polar surface area (TPSA) is 79.9 Å². The molecule has 2 rings (SSSR count). The van der Waals surface area contributed by atoms with Crippen molar-refractivity contribution >= 4 is 12.0 Å². The van der Waals surface area contributed by atoms with Crippen molar-refractivity contribution in [2.24, 2.45) is 0 Å². The number of ether oxygens (including phenoxy) is 2. The van der Waals surface area contributed by atoms with E-state index in [0.717, 1.165) is 23.4 Å². The maximum atomic E-state index is 12.4. The van der Waals surface area contributed by atoms with E-state index < -0.39 is 12.1 Å². The van der Waals surface area contributed by atoms with Crippen LogP contribution in [0.4, 0.5) is 4.79 Å². The molecule has 0 aromatic heterocycles. The number of carbonyl (C=O) groups is 2. The van der Waals surface area contributed by atoms with Crippen LogP contribution in [0.3, 0.4) is 0 Å². The van der Waals surface area contributed by atoms with Crippen LogP contribution >= 0.6 is 0 Å². The van der Waals surface area contributed by atoms with Gasteiger partial charge in [0.1, 0.15) is 25.0 Å². The molecule has 0 saturated heterocycles. The monoisotopic (exact) mass is 413 g/mol. The summed E-state index contributed by atoms with van der Waals surface area (Å²) in [5, 5.41) is 5.43. The second-order valence-electron chi connectivity index (χ2n) is 7.15. The van der Waals surface area contributed by atoms with Gasteiger partial charge in [-0.05, 0) is 44.3 Å². The van der Waals surface area contributed by atoms with Gasteiger partial charge in [-0.2, -0.15) is 0 Å². The molecule has 0 fully saturated rings. The van der Waals surface area contributed by atoms with E-state index in [9.17, 15) is 9.59 Å². The summed E-state index contributed by atoms with van der Waals surface area (Å²) in [7, 11) is 3.98.